The average molecular weight is 325 g/mol. The summed E-state index contributed by atoms with van der Waals surface area (Å²) < 4.78 is 10.7. The second-order valence-electron chi connectivity index (χ2n) is 6.43. The predicted octanol–water partition coefficient (Wildman–Crippen LogP) is 4.12. The van der Waals surface area contributed by atoms with Gasteiger partial charge in [-0.2, -0.15) is 0 Å². The summed E-state index contributed by atoms with van der Waals surface area (Å²) in [6, 6.07) is 0. The number of esters is 1. The lowest BCUT2D eigenvalue weighted by atomic mass is 9.81. The summed E-state index contributed by atoms with van der Waals surface area (Å²) in [4.78, 5) is 23.3. The zero-order valence-electron chi connectivity index (χ0n) is 14.6. The summed E-state index contributed by atoms with van der Waals surface area (Å²) in [7, 11) is 0. The van der Waals surface area contributed by atoms with E-state index in [1.54, 1.807) is 6.92 Å². The minimum absolute atomic E-state index is 0.129. The molecule has 0 spiro atoms. The first-order valence-corrected chi connectivity index (χ1v) is 8.78. The number of rotatable bonds is 9. The van der Waals surface area contributed by atoms with Crippen LogP contribution < -0.4 is 5.32 Å². The molecule has 1 fully saturated rings. The van der Waals surface area contributed by atoms with Crippen LogP contribution in [0.1, 0.15) is 71.6 Å². The van der Waals surface area contributed by atoms with Gasteiger partial charge in [-0.05, 0) is 45.4 Å². The molecular weight excluding hydrogens is 294 g/mol. The number of hydrogen-bond acceptors (Lipinski definition) is 4. The standard InChI is InChI=1S/C18H31NO4/c1-4-5-7-10-18(11-8-6-9-12-18)23-17(21)19-13-14-22-16(20)15(2)3/h2,4-14H2,1,3H3,(H,19,21). The van der Waals surface area contributed by atoms with Crippen molar-refractivity contribution >= 4 is 12.1 Å². The van der Waals surface area contributed by atoms with Crippen LogP contribution in [0.4, 0.5) is 4.79 Å². The van der Waals surface area contributed by atoms with E-state index in [-0.39, 0.29) is 18.8 Å². The Kier molecular flexibility index (Phi) is 8.74. The SMILES string of the molecule is C=C(C)C(=O)OCCNC(=O)OC1(CCCCC)CCCCC1. The Morgan fingerprint density at radius 1 is 1.17 bits per heavy atom. The molecule has 0 heterocycles. The molecule has 1 N–H and O–H groups in total. The van der Waals surface area contributed by atoms with Gasteiger partial charge in [0.05, 0.1) is 6.54 Å². The third kappa shape index (κ3) is 7.53. The second-order valence-corrected chi connectivity index (χ2v) is 6.43. The number of amides is 1. The molecule has 0 bridgehead atoms. The van der Waals surface area contributed by atoms with Gasteiger partial charge in [0.15, 0.2) is 0 Å². The van der Waals surface area contributed by atoms with E-state index >= 15 is 0 Å². The molecule has 0 radical (unpaired) electrons. The molecule has 1 saturated carbocycles. The lowest BCUT2D eigenvalue weighted by Crippen LogP contribution is -2.41. The van der Waals surface area contributed by atoms with Crippen molar-refractivity contribution in [3.8, 4) is 0 Å². The summed E-state index contributed by atoms with van der Waals surface area (Å²) in [6.07, 6.45) is 9.33. The van der Waals surface area contributed by atoms with E-state index in [0.29, 0.717) is 5.57 Å². The number of carbonyl (C=O) groups is 2. The van der Waals surface area contributed by atoms with Crippen LogP contribution in [-0.4, -0.2) is 30.8 Å². The predicted molar refractivity (Wildman–Crippen MR) is 90.2 cm³/mol. The first-order valence-electron chi connectivity index (χ1n) is 8.78. The van der Waals surface area contributed by atoms with Gasteiger partial charge in [0.2, 0.25) is 0 Å². The maximum absolute atomic E-state index is 12.0. The molecule has 23 heavy (non-hydrogen) atoms. The molecule has 0 aromatic heterocycles. The van der Waals surface area contributed by atoms with Gasteiger partial charge in [0.25, 0.3) is 0 Å². The van der Waals surface area contributed by atoms with E-state index in [9.17, 15) is 9.59 Å². The summed E-state index contributed by atoms with van der Waals surface area (Å²) in [5.74, 6) is -0.441. The van der Waals surface area contributed by atoms with Crippen molar-refractivity contribution in [1.82, 2.24) is 5.32 Å². The fourth-order valence-electron chi connectivity index (χ4n) is 2.95. The second kappa shape index (κ2) is 10.3. The van der Waals surface area contributed by atoms with Crippen molar-refractivity contribution in [3.63, 3.8) is 0 Å². The van der Waals surface area contributed by atoms with Gasteiger partial charge in [-0.3, -0.25) is 0 Å². The molecule has 5 nitrogen and oxygen atoms in total. The van der Waals surface area contributed by atoms with Gasteiger partial charge in [-0.1, -0.05) is 32.8 Å². The van der Waals surface area contributed by atoms with Crippen molar-refractivity contribution in [2.24, 2.45) is 0 Å². The number of ether oxygens (including phenoxy) is 2. The summed E-state index contributed by atoms with van der Waals surface area (Å²) in [5.41, 5.74) is 0.0518. The molecule has 5 heteroatoms. The van der Waals surface area contributed by atoms with Crippen molar-refractivity contribution in [2.45, 2.75) is 77.2 Å². The van der Waals surface area contributed by atoms with Gasteiger partial charge in [0, 0.05) is 5.57 Å². The Balaban J connectivity index is 2.35. The minimum Gasteiger partial charge on any atom is -0.460 e. The first kappa shape index (κ1) is 19.5. The molecule has 1 rings (SSSR count). The highest BCUT2D eigenvalue weighted by Crippen LogP contribution is 2.36. The van der Waals surface area contributed by atoms with Crippen LogP contribution in [0.15, 0.2) is 12.2 Å². The van der Waals surface area contributed by atoms with E-state index in [2.05, 4.69) is 18.8 Å². The van der Waals surface area contributed by atoms with Gasteiger partial charge in [-0.15, -0.1) is 0 Å². The molecule has 1 aliphatic rings. The smallest absolute Gasteiger partial charge is 0.407 e. The Labute approximate surface area is 139 Å². The highest BCUT2D eigenvalue weighted by molar-refractivity contribution is 5.86. The third-order valence-corrected chi connectivity index (χ3v) is 4.26. The van der Waals surface area contributed by atoms with Gasteiger partial charge >= 0.3 is 12.1 Å². The van der Waals surface area contributed by atoms with Crippen LogP contribution in [-0.2, 0) is 14.3 Å². The Morgan fingerprint density at radius 2 is 1.87 bits per heavy atom. The lowest BCUT2D eigenvalue weighted by Gasteiger charge is -2.37. The van der Waals surface area contributed by atoms with Crippen LogP contribution in [0.2, 0.25) is 0 Å². The van der Waals surface area contributed by atoms with Crippen molar-refractivity contribution < 1.29 is 19.1 Å². The number of alkyl carbamates (subject to hydrolysis) is 1. The van der Waals surface area contributed by atoms with Crippen LogP contribution in [0.25, 0.3) is 0 Å². The lowest BCUT2D eigenvalue weighted by molar-refractivity contribution is -0.138. The van der Waals surface area contributed by atoms with Gasteiger partial charge in [0.1, 0.15) is 12.2 Å². The largest absolute Gasteiger partial charge is 0.460 e. The molecule has 0 atom stereocenters. The van der Waals surface area contributed by atoms with E-state index in [1.165, 1.54) is 12.8 Å². The van der Waals surface area contributed by atoms with Gasteiger partial charge in [-0.25, -0.2) is 9.59 Å². The minimum atomic E-state index is -0.441. The quantitative estimate of drug-likeness (QED) is 0.393. The van der Waals surface area contributed by atoms with Crippen molar-refractivity contribution in [2.75, 3.05) is 13.2 Å². The number of unbranched alkanes of at least 4 members (excludes halogenated alkanes) is 2. The summed E-state index contributed by atoms with van der Waals surface area (Å²) >= 11 is 0. The first-order chi connectivity index (χ1) is 11.0. The van der Waals surface area contributed by atoms with Crippen LogP contribution in [0.5, 0.6) is 0 Å². The van der Waals surface area contributed by atoms with Crippen molar-refractivity contribution in [1.29, 1.82) is 0 Å². The maximum atomic E-state index is 12.0. The fraction of sp³-hybridized carbons (Fsp3) is 0.778. The van der Waals surface area contributed by atoms with Gasteiger partial charge < -0.3 is 14.8 Å². The normalized spacial score (nSPS) is 16.4. The highest BCUT2D eigenvalue weighted by atomic mass is 16.6. The van der Waals surface area contributed by atoms with Crippen LogP contribution >= 0.6 is 0 Å². The summed E-state index contributed by atoms with van der Waals surface area (Å²) in [6.45, 7) is 7.65. The molecule has 0 aliphatic heterocycles. The zero-order valence-corrected chi connectivity index (χ0v) is 14.6. The van der Waals surface area contributed by atoms with Crippen molar-refractivity contribution in [3.05, 3.63) is 12.2 Å². The third-order valence-electron chi connectivity index (χ3n) is 4.26. The van der Waals surface area contributed by atoms with E-state index < -0.39 is 12.1 Å². The number of hydrogen-bond donors (Lipinski definition) is 1. The molecule has 1 aliphatic carbocycles. The van der Waals surface area contributed by atoms with Crippen LogP contribution in [0.3, 0.4) is 0 Å². The molecule has 132 valence electrons. The van der Waals surface area contributed by atoms with E-state index in [1.807, 2.05) is 0 Å². The number of carbonyl (C=O) groups excluding carboxylic acids is 2. The Bertz CT molecular complexity index is 400. The zero-order chi connectivity index (χ0) is 17.1. The molecular formula is C18H31NO4. The molecule has 0 saturated heterocycles. The maximum Gasteiger partial charge on any atom is 0.407 e. The fourth-order valence-corrected chi connectivity index (χ4v) is 2.95. The van der Waals surface area contributed by atoms with Crippen LogP contribution in [0, 0.1) is 0 Å². The van der Waals surface area contributed by atoms with E-state index in [4.69, 9.17) is 9.47 Å². The summed E-state index contributed by atoms with van der Waals surface area (Å²) in [5, 5.41) is 2.67. The monoisotopic (exact) mass is 325 g/mol. The average Bonchev–Trinajstić information content (AvgIpc) is 2.52. The molecule has 0 aromatic rings. The Hall–Kier alpha value is -1.52. The van der Waals surface area contributed by atoms with E-state index in [0.717, 1.165) is 44.9 Å². The molecule has 0 aromatic carbocycles. The number of nitrogens with one attached hydrogen (secondary N) is 1. The highest BCUT2D eigenvalue weighted by Gasteiger charge is 2.35. The Morgan fingerprint density at radius 3 is 2.48 bits per heavy atom. The molecule has 1 amide bonds. The molecule has 0 unspecified atom stereocenters. The topological polar surface area (TPSA) is 64.6 Å².